The van der Waals surface area contributed by atoms with E-state index in [0.29, 0.717) is 30.6 Å². The molecule has 4 rings (SSSR count). The lowest BCUT2D eigenvalue weighted by atomic mass is 10.0. The highest BCUT2D eigenvalue weighted by atomic mass is 32.2. The normalized spacial score (nSPS) is 22.5. The van der Waals surface area contributed by atoms with Crippen molar-refractivity contribution in [1.29, 1.82) is 0 Å². The molecule has 1 aromatic carbocycles. The first kappa shape index (κ1) is 21.0. The van der Waals surface area contributed by atoms with E-state index in [2.05, 4.69) is 34.3 Å². The van der Waals surface area contributed by atoms with Crippen molar-refractivity contribution >= 4 is 15.9 Å². The van der Waals surface area contributed by atoms with Gasteiger partial charge in [0.05, 0.1) is 5.69 Å². The molecule has 0 radical (unpaired) electrons. The number of carbonyl (C=O) groups excluding carboxylic acids is 1. The van der Waals surface area contributed by atoms with Crippen molar-refractivity contribution in [1.82, 2.24) is 19.0 Å². The Hall–Kier alpha value is -2.23. The van der Waals surface area contributed by atoms with Crippen LogP contribution >= 0.6 is 0 Å². The van der Waals surface area contributed by atoms with Gasteiger partial charge in [0.15, 0.2) is 0 Å². The van der Waals surface area contributed by atoms with E-state index in [4.69, 9.17) is 5.73 Å². The lowest BCUT2D eigenvalue weighted by molar-refractivity contribution is 0.0988. The van der Waals surface area contributed by atoms with Crippen molar-refractivity contribution in [2.24, 2.45) is 24.6 Å². The molecule has 0 saturated carbocycles. The molecular weight excluding hydrogens is 402 g/mol. The maximum atomic E-state index is 13.3. The summed E-state index contributed by atoms with van der Waals surface area (Å²) in [5, 5.41) is 4.11. The van der Waals surface area contributed by atoms with Crippen molar-refractivity contribution in [3.8, 4) is 0 Å². The van der Waals surface area contributed by atoms with Gasteiger partial charge in [-0.05, 0) is 43.7 Å². The topological polar surface area (TPSA) is 102 Å². The predicted molar refractivity (Wildman–Crippen MR) is 113 cm³/mol. The second-order valence-corrected chi connectivity index (χ2v) is 10.3. The summed E-state index contributed by atoms with van der Waals surface area (Å²) in [5.41, 5.74) is 7.05. The number of nitrogens with zero attached hydrogens (tertiary/aromatic N) is 4. The SMILES string of the molecule is Cc1nn(C)c(C(N)=O)c1S(=O)(=O)N1CC2CN(CCCc3ccccc3)C[C@H]2C1. The van der Waals surface area contributed by atoms with E-state index in [0.717, 1.165) is 32.5 Å². The van der Waals surface area contributed by atoms with Gasteiger partial charge in [0.1, 0.15) is 10.6 Å². The van der Waals surface area contributed by atoms with Crippen LogP contribution in [0.25, 0.3) is 0 Å². The summed E-state index contributed by atoms with van der Waals surface area (Å²) in [6, 6.07) is 10.5. The van der Waals surface area contributed by atoms with Crippen LogP contribution in [0, 0.1) is 18.8 Å². The first-order chi connectivity index (χ1) is 14.3. The van der Waals surface area contributed by atoms with E-state index in [-0.39, 0.29) is 10.6 Å². The molecule has 3 heterocycles. The molecule has 30 heavy (non-hydrogen) atoms. The lowest BCUT2D eigenvalue weighted by Crippen LogP contribution is -2.35. The van der Waals surface area contributed by atoms with Crippen LogP contribution < -0.4 is 5.73 Å². The first-order valence-corrected chi connectivity index (χ1v) is 11.8. The molecule has 0 aliphatic carbocycles. The molecule has 2 fully saturated rings. The smallest absolute Gasteiger partial charge is 0.268 e. The third-order valence-electron chi connectivity index (χ3n) is 6.31. The maximum Gasteiger partial charge on any atom is 0.268 e. The van der Waals surface area contributed by atoms with Crippen LogP contribution in [0.3, 0.4) is 0 Å². The van der Waals surface area contributed by atoms with E-state index in [9.17, 15) is 13.2 Å². The monoisotopic (exact) mass is 431 g/mol. The third-order valence-corrected chi connectivity index (χ3v) is 8.29. The van der Waals surface area contributed by atoms with Gasteiger partial charge in [-0.15, -0.1) is 0 Å². The molecule has 162 valence electrons. The second kappa shape index (κ2) is 8.13. The molecule has 0 spiro atoms. The standard InChI is InChI=1S/C21H29N5O3S/c1-15-20(19(21(22)27)24(2)23-15)30(28,29)26-13-17-11-25(12-18(17)14-26)10-6-9-16-7-4-3-5-8-16/h3-5,7-8,17-18H,6,9-14H2,1-2H3,(H2,22,27)/t17-,18?/m0/s1. The Labute approximate surface area is 177 Å². The minimum absolute atomic E-state index is 0.0443. The van der Waals surface area contributed by atoms with Crippen LogP contribution in [0.2, 0.25) is 0 Å². The number of rotatable bonds is 7. The van der Waals surface area contributed by atoms with E-state index < -0.39 is 15.9 Å². The van der Waals surface area contributed by atoms with Gasteiger partial charge in [-0.25, -0.2) is 8.42 Å². The van der Waals surface area contributed by atoms with Crippen molar-refractivity contribution in [3.05, 3.63) is 47.3 Å². The Morgan fingerprint density at radius 3 is 2.37 bits per heavy atom. The Kier molecular flexibility index (Phi) is 5.69. The van der Waals surface area contributed by atoms with Crippen LogP contribution in [0.1, 0.15) is 28.2 Å². The molecule has 1 unspecified atom stereocenters. The van der Waals surface area contributed by atoms with Crippen molar-refractivity contribution in [2.45, 2.75) is 24.7 Å². The lowest BCUT2D eigenvalue weighted by Gasteiger charge is -2.21. The van der Waals surface area contributed by atoms with Crippen LogP contribution in [0.15, 0.2) is 35.2 Å². The fourth-order valence-electron chi connectivity index (χ4n) is 4.93. The zero-order valence-electron chi connectivity index (χ0n) is 17.5. The molecule has 1 aromatic heterocycles. The summed E-state index contributed by atoms with van der Waals surface area (Å²) < 4.78 is 29.3. The molecule has 9 heteroatoms. The number of likely N-dealkylation sites (tertiary alicyclic amines) is 1. The van der Waals surface area contributed by atoms with Crippen LogP contribution in [0.4, 0.5) is 0 Å². The van der Waals surface area contributed by atoms with Gasteiger partial charge >= 0.3 is 0 Å². The van der Waals surface area contributed by atoms with E-state index in [1.807, 2.05) is 6.07 Å². The average Bonchev–Trinajstić information content (AvgIpc) is 3.33. The molecule has 1 amide bonds. The van der Waals surface area contributed by atoms with Gasteiger partial charge in [-0.1, -0.05) is 30.3 Å². The summed E-state index contributed by atoms with van der Waals surface area (Å²) >= 11 is 0. The average molecular weight is 432 g/mol. The van der Waals surface area contributed by atoms with Crippen molar-refractivity contribution < 1.29 is 13.2 Å². The number of aromatic nitrogens is 2. The Balaban J connectivity index is 1.38. The third kappa shape index (κ3) is 3.89. The Morgan fingerprint density at radius 2 is 1.77 bits per heavy atom. The molecule has 2 aromatic rings. The van der Waals surface area contributed by atoms with Gasteiger partial charge in [0, 0.05) is 33.2 Å². The van der Waals surface area contributed by atoms with Gasteiger partial charge < -0.3 is 10.6 Å². The van der Waals surface area contributed by atoms with Crippen LogP contribution in [-0.2, 0) is 23.5 Å². The van der Waals surface area contributed by atoms with Crippen molar-refractivity contribution in [3.63, 3.8) is 0 Å². The molecule has 2 atom stereocenters. The minimum Gasteiger partial charge on any atom is -0.364 e. The number of amides is 1. The van der Waals surface area contributed by atoms with Crippen LogP contribution in [-0.4, -0.2) is 66.0 Å². The van der Waals surface area contributed by atoms with E-state index in [1.165, 1.54) is 21.6 Å². The maximum absolute atomic E-state index is 13.3. The molecule has 2 N–H and O–H groups in total. The summed E-state index contributed by atoms with van der Waals surface area (Å²) in [5.74, 6) is -0.128. The number of hydrogen-bond acceptors (Lipinski definition) is 5. The number of primary amides is 1. The zero-order chi connectivity index (χ0) is 21.5. The molecular formula is C21H29N5O3S. The summed E-state index contributed by atoms with van der Waals surface area (Å²) in [4.78, 5) is 14.2. The quantitative estimate of drug-likeness (QED) is 0.705. The predicted octanol–water partition coefficient (Wildman–Crippen LogP) is 1.01. The molecule has 8 nitrogen and oxygen atoms in total. The molecule has 0 bridgehead atoms. The number of hydrogen-bond donors (Lipinski definition) is 1. The zero-order valence-corrected chi connectivity index (χ0v) is 18.3. The highest BCUT2D eigenvalue weighted by Gasteiger charge is 2.45. The van der Waals surface area contributed by atoms with Crippen molar-refractivity contribution in [2.75, 3.05) is 32.7 Å². The van der Waals surface area contributed by atoms with Gasteiger partial charge in [-0.2, -0.15) is 9.40 Å². The van der Waals surface area contributed by atoms with E-state index in [1.54, 1.807) is 6.92 Å². The van der Waals surface area contributed by atoms with Crippen LogP contribution in [0.5, 0.6) is 0 Å². The Morgan fingerprint density at radius 1 is 1.13 bits per heavy atom. The second-order valence-electron chi connectivity index (χ2n) is 8.44. The van der Waals surface area contributed by atoms with Gasteiger partial charge in [0.2, 0.25) is 10.0 Å². The first-order valence-electron chi connectivity index (χ1n) is 10.4. The molecule has 2 aliphatic rings. The Bertz CT molecular complexity index is 1020. The number of nitrogens with two attached hydrogens (primary N) is 1. The fraction of sp³-hybridized carbons (Fsp3) is 0.524. The van der Waals surface area contributed by atoms with Gasteiger partial charge in [-0.3, -0.25) is 9.48 Å². The largest absolute Gasteiger partial charge is 0.364 e. The number of aryl methyl sites for hydroxylation is 3. The molecule has 2 aliphatic heterocycles. The van der Waals surface area contributed by atoms with E-state index >= 15 is 0 Å². The number of carbonyl (C=O) groups is 1. The fourth-order valence-corrected chi connectivity index (χ4v) is 6.85. The summed E-state index contributed by atoms with van der Waals surface area (Å²) in [7, 11) is -2.27. The summed E-state index contributed by atoms with van der Waals surface area (Å²) in [6.07, 6.45) is 2.16. The van der Waals surface area contributed by atoms with Gasteiger partial charge in [0.25, 0.3) is 5.91 Å². The minimum atomic E-state index is -3.81. The highest BCUT2D eigenvalue weighted by Crippen LogP contribution is 2.35. The number of benzene rings is 1. The number of fused-ring (bicyclic) bond motifs is 1. The number of sulfonamides is 1. The molecule has 2 saturated heterocycles. The highest BCUT2D eigenvalue weighted by molar-refractivity contribution is 7.89. The summed E-state index contributed by atoms with van der Waals surface area (Å²) in [6.45, 7) is 5.43.